The van der Waals surface area contributed by atoms with Crippen LogP contribution >= 0.6 is 0 Å². The number of rotatable bonds is 6. The van der Waals surface area contributed by atoms with Gasteiger partial charge in [-0.1, -0.05) is 30.3 Å². The lowest BCUT2D eigenvalue weighted by Crippen LogP contribution is -2.46. The monoisotopic (exact) mass is 329 g/mol. The van der Waals surface area contributed by atoms with E-state index < -0.39 is 0 Å². The summed E-state index contributed by atoms with van der Waals surface area (Å²) in [4.78, 5) is 20.2. The zero-order valence-corrected chi connectivity index (χ0v) is 15.4. The van der Waals surface area contributed by atoms with Crippen molar-refractivity contribution in [2.45, 2.75) is 25.7 Å². The minimum atomic E-state index is -0.281. The number of likely N-dealkylation sites (N-methyl/N-ethyl adjacent to an activating group) is 2. The van der Waals surface area contributed by atoms with Crippen LogP contribution in [-0.2, 0) is 10.2 Å². The molecule has 0 bridgehead atoms. The van der Waals surface area contributed by atoms with Crippen molar-refractivity contribution >= 4 is 5.91 Å². The lowest BCUT2D eigenvalue weighted by Gasteiger charge is -2.33. The van der Waals surface area contributed by atoms with Crippen molar-refractivity contribution in [2.24, 2.45) is 5.92 Å². The number of piperazine rings is 1. The molecule has 1 aliphatic carbocycles. The molecule has 132 valence electrons. The second-order valence-corrected chi connectivity index (χ2v) is 7.32. The Balaban J connectivity index is 1.77. The maximum absolute atomic E-state index is 13.3. The van der Waals surface area contributed by atoms with Gasteiger partial charge in [-0.2, -0.15) is 0 Å². The van der Waals surface area contributed by atoms with Gasteiger partial charge in [0.25, 0.3) is 0 Å². The number of hydrogen-bond acceptors (Lipinski definition) is 3. The maximum atomic E-state index is 13.3. The standard InChI is InChI=1S/C20H31N3O/c1-4-23(5-2)19(24)20(17-9-7-6-8-10-17)15-18(20)16-22-13-11-21(3)12-14-22/h6-10,18H,4-5,11-16H2,1-3H3. The number of nitrogens with zero attached hydrogens (tertiary/aromatic N) is 3. The van der Waals surface area contributed by atoms with E-state index in [1.807, 2.05) is 11.0 Å². The summed E-state index contributed by atoms with van der Waals surface area (Å²) in [5.74, 6) is 0.786. The van der Waals surface area contributed by atoms with Crippen LogP contribution in [0.2, 0.25) is 0 Å². The highest BCUT2D eigenvalue weighted by Crippen LogP contribution is 2.55. The molecule has 3 rings (SSSR count). The molecular formula is C20H31N3O. The average Bonchev–Trinajstić information content (AvgIpc) is 3.34. The fourth-order valence-electron chi connectivity index (χ4n) is 4.16. The van der Waals surface area contributed by atoms with E-state index in [4.69, 9.17) is 0 Å². The molecule has 2 fully saturated rings. The van der Waals surface area contributed by atoms with E-state index in [-0.39, 0.29) is 5.41 Å². The van der Waals surface area contributed by atoms with Crippen molar-refractivity contribution in [1.82, 2.24) is 14.7 Å². The van der Waals surface area contributed by atoms with Crippen LogP contribution in [0.4, 0.5) is 0 Å². The third-order valence-electron chi connectivity index (χ3n) is 5.90. The minimum Gasteiger partial charge on any atom is -0.342 e. The van der Waals surface area contributed by atoms with E-state index in [0.29, 0.717) is 11.8 Å². The molecule has 0 radical (unpaired) electrons. The van der Waals surface area contributed by atoms with Gasteiger partial charge in [0, 0.05) is 45.8 Å². The third-order valence-corrected chi connectivity index (χ3v) is 5.90. The molecule has 1 heterocycles. The molecule has 1 saturated heterocycles. The molecule has 2 aliphatic rings. The van der Waals surface area contributed by atoms with Gasteiger partial charge in [0.1, 0.15) is 0 Å². The minimum absolute atomic E-state index is 0.281. The smallest absolute Gasteiger partial charge is 0.233 e. The first-order chi connectivity index (χ1) is 11.6. The number of hydrogen-bond donors (Lipinski definition) is 0. The first-order valence-corrected chi connectivity index (χ1v) is 9.37. The first kappa shape index (κ1) is 17.4. The fourth-order valence-corrected chi connectivity index (χ4v) is 4.16. The van der Waals surface area contributed by atoms with Crippen LogP contribution in [0.5, 0.6) is 0 Å². The van der Waals surface area contributed by atoms with Gasteiger partial charge < -0.3 is 14.7 Å². The summed E-state index contributed by atoms with van der Waals surface area (Å²) in [6.07, 6.45) is 0.999. The van der Waals surface area contributed by atoms with Crippen molar-refractivity contribution in [3.63, 3.8) is 0 Å². The first-order valence-electron chi connectivity index (χ1n) is 9.37. The molecule has 1 aromatic rings. The number of carbonyl (C=O) groups is 1. The van der Waals surface area contributed by atoms with E-state index in [1.165, 1.54) is 5.56 Å². The highest BCUT2D eigenvalue weighted by atomic mass is 16.2. The second-order valence-electron chi connectivity index (χ2n) is 7.32. The van der Waals surface area contributed by atoms with Crippen LogP contribution in [-0.4, -0.2) is 73.5 Å². The van der Waals surface area contributed by atoms with Gasteiger partial charge in [-0.15, -0.1) is 0 Å². The zero-order chi connectivity index (χ0) is 17.2. The molecule has 1 saturated carbocycles. The van der Waals surface area contributed by atoms with Crippen molar-refractivity contribution in [3.8, 4) is 0 Å². The maximum Gasteiger partial charge on any atom is 0.233 e. The van der Waals surface area contributed by atoms with Gasteiger partial charge in [-0.25, -0.2) is 0 Å². The largest absolute Gasteiger partial charge is 0.342 e. The molecule has 2 unspecified atom stereocenters. The molecule has 0 aromatic heterocycles. The summed E-state index contributed by atoms with van der Waals surface area (Å²) in [6, 6.07) is 10.5. The van der Waals surface area contributed by atoms with E-state index in [0.717, 1.165) is 52.2 Å². The number of carbonyl (C=O) groups excluding carboxylic acids is 1. The number of amides is 1. The second kappa shape index (κ2) is 7.24. The molecule has 1 amide bonds. The summed E-state index contributed by atoms with van der Waals surface area (Å²) in [5.41, 5.74) is 0.928. The molecule has 4 heteroatoms. The zero-order valence-electron chi connectivity index (χ0n) is 15.4. The van der Waals surface area contributed by atoms with Crippen molar-refractivity contribution < 1.29 is 4.79 Å². The SMILES string of the molecule is CCN(CC)C(=O)C1(c2ccccc2)CC1CN1CCN(C)CC1. The molecule has 0 N–H and O–H groups in total. The predicted molar refractivity (Wildman–Crippen MR) is 98.1 cm³/mol. The van der Waals surface area contributed by atoms with Gasteiger partial charge in [-0.05, 0) is 38.8 Å². The van der Waals surface area contributed by atoms with Crippen molar-refractivity contribution in [2.75, 3.05) is 52.9 Å². The third kappa shape index (κ3) is 3.22. The van der Waals surface area contributed by atoms with Crippen LogP contribution in [0, 0.1) is 5.92 Å². The lowest BCUT2D eigenvalue weighted by atomic mass is 9.91. The topological polar surface area (TPSA) is 26.8 Å². The Hall–Kier alpha value is -1.39. The summed E-state index contributed by atoms with van der Waals surface area (Å²) in [5, 5.41) is 0. The van der Waals surface area contributed by atoms with Gasteiger partial charge in [0.2, 0.25) is 5.91 Å². The summed E-state index contributed by atoms with van der Waals surface area (Å²) < 4.78 is 0. The Kier molecular flexibility index (Phi) is 5.26. The molecule has 0 spiro atoms. The van der Waals surface area contributed by atoms with Gasteiger partial charge in [0.15, 0.2) is 0 Å². The van der Waals surface area contributed by atoms with Crippen molar-refractivity contribution in [1.29, 1.82) is 0 Å². The van der Waals surface area contributed by atoms with Gasteiger partial charge >= 0.3 is 0 Å². The van der Waals surface area contributed by atoms with Crippen LogP contribution < -0.4 is 0 Å². The quantitative estimate of drug-likeness (QED) is 0.799. The Bertz CT molecular complexity index is 549. The summed E-state index contributed by atoms with van der Waals surface area (Å²) in [6.45, 7) is 11.3. The summed E-state index contributed by atoms with van der Waals surface area (Å²) in [7, 11) is 2.19. The van der Waals surface area contributed by atoms with Crippen LogP contribution in [0.1, 0.15) is 25.8 Å². The number of benzene rings is 1. The molecular weight excluding hydrogens is 298 g/mol. The highest BCUT2D eigenvalue weighted by molar-refractivity contribution is 5.92. The van der Waals surface area contributed by atoms with E-state index in [2.05, 4.69) is 55.0 Å². The van der Waals surface area contributed by atoms with E-state index in [9.17, 15) is 4.79 Å². The Morgan fingerprint density at radius 3 is 2.33 bits per heavy atom. The molecule has 2 atom stereocenters. The normalized spacial score (nSPS) is 27.9. The molecule has 1 aromatic carbocycles. The van der Waals surface area contributed by atoms with Crippen LogP contribution in [0.25, 0.3) is 0 Å². The van der Waals surface area contributed by atoms with E-state index >= 15 is 0 Å². The lowest BCUT2D eigenvalue weighted by molar-refractivity contribution is -0.134. The Morgan fingerprint density at radius 2 is 1.75 bits per heavy atom. The average molecular weight is 329 g/mol. The Morgan fingerprint density at radius 1 is 1.12 bits per heavy atom. The van der Waals surface area contributed by atoms with Gasteiger partial charge in [-0.3, -0.25) is 4.79 Å². The molecule has 4 nitrogen and oxygen atoms in total. The summed E-state index contributed by atoms with van der Waals surface area (Å²) >= 11 is 0. The molecule has 1 aliphatic heterocycles. The Labute approximate surface area is 146 Å². The highest BCUT2D eigenvalue weighted by Gasteiger charge is 2.61. The molecule has 24 heavy (non-hydrogen) atoms. The van der Waals surface area contributed by atoms with E-state index in [1.54, 1.807) is 0 Å². The van der Waals surface area contributed by atoms with Crippen molar-refractivity contribution in [3.05, 3.63) is 35.9 Å². The van der Waals surface area contributed by atoms with Crippen LogP contribution in [0.3, 0.4) is 0 Å². The predicted octanol–water partition coefficient (Wildman–Crippen LogP) is 2.06. The fraction of sp³-hybridized carbons (Fsp3) is 0.650. The van der Waals surface area contributed by atoms with Gasteiger partial charge in [0.05, 0.1) is 5.41 Å². The van der Waals surface area contributed by atoms with Crippen LogP contribution in [0.15, 0.2) is 30.3 Å².